The molecule has 188 valence electrons. The minimum atomic E-state index is -1.03. The Morgan fingerprint density at radius 3 is 2.25 bits per heavy atom. The van der Waals surface area contributed by atoms with Gasteiger partial charge in [-0.05, 0) is 54.7 Å². The summed E-state index contributed by atoms with van der Waals surface area (Å²) in [7, 11) is 1.28. The topological polar surface area (TPSA) is 18.5 Å². The van der Waals surface area contributed by atoms with Gasteiger partial charge in [-0.3, -0.25) is 0 Å². The van der Waals surface area contributed by atoms with Crippen molar-refractivity contribution < 1.29 is 22.6 Å². The van der Waals surface area contributed by atoms with E-state index in [1.54, 1.807) is 36.4 Å². The number of unbranched alkanes of at least 4 members (excludes halogenated alkanes) is 2. The van der Waals surface area contributed by atoms with Crippen molar-refractivity contribution in [2.45, 2.75) is 51.6 Å². The molecule has 0 spiro atoms. The van der Waals surface area contributed by atoms with Crippen molar-refractivity contribution >= 4 is 0 Å². The largest absolute Gasteiger partial charge is 0.494 e. The summed E-state index contributed by atoms with van der Waals surface area (Å²) in [5.74, 6) is 3.96. The van der Waals surface area contributed by atoms with Crippen LogP contribution in [-0.4, -0.2) is 19.8 Å². The lowest BCUT2D eigenvalue weighted by molar-refractivity contribution is -0.00720. The standard InChI is InChI=1S/C31H31F3O2/c1-3-4-5-6-25-15-9-22(20-36-25)8-7-21-10-16-26(28(32)19-21)23-11-13-24(14-12-23)27-17-18-29(35-2)31(34)30(27)33/h10-14,16-19,22,25H,3-6,9,15,20H2,1-2H3. The van der Waals surface area contributed by atoms with Crippen LogP contribution < -0.4 is 4.74 Å². The molecule has 0 saturated carbocycles. The van der Waals surface area contributed by atoms with Crippen LogP contribution in [0.1, 0.15) is 51.0 Å². The molecule has 1 aliphatic rings. The zero-order valence-electron chi connectivity index (χ0n) is 20.8. The maximum atomic E-state index is 14.9. The highest BCUT2D eigenvalue weighted by Crippen LogP contribution is 2.32. The summed E-state index contributed by atoms with van der Waals surface area (Å²) >= 11 is 0. The molecule has 5 heteroatoms. The molecule has 2 nitrogen and oxygen atoms in total. The lowest BCUT2D eigenvalue weighted by atomic mass is 9.95. The van der Waals surface area contributed by atoms with Crippen molar-refractivity contribution in [2.75, 3.05) is 13.7 Å². The first-order valence-corrected chi connectivity index (χ1v) is 12.6. The molecule has 1 heterocycles. The molecule has 1 aliphatic heterocycles. The molecule has 0 amide bonds. The van der Waals surface area contributed by atoms with Crippen LogP contribution in [0.2, 0.25) is 0 Å². The minimum absolute atomic E-state index is 0.116. The highest BCUT2D eigenvalue weighted by atomic mass is 19.2. The zero-order chi connectivity index (χ0) is 25.5. The van der Waals surface area contributed by atoms with Gasteiger partial charge >= 0.3 is 0 Å². The molecular formula is C31H31F3O2. The molecule has 0 aromatic heterocycles. The van der Waals surface area contributed by atoms with E-state index >= 15 is 0 Å². The summed E-state index contributed by atoms with van der Waals surface area (Å²) in [6.45, 7) is 2.84. The van der Waals surface area contributed by atoms with Gasteiger partial charge in [0.25, 0.3) is 0 Å². The van der Waals surface area contributed by atoms with Crippen LogP contribution in [0.5, 0.6) is 5.75 Å². The molecule has 3 aromatic rings. The average Bonchev–Trinajstić information content (AvgIpc) is 2.90. The van der Waals surface area contributed by atoms with Gasteiger partial charge in [0.05, 0.1) is 19.8 Å². The average molecular weight is 493 g/mol. The van der Waals surface area contributed by atoms with Crippen molar-refractivity contribution in [3.8, 4) is 39.8 Å². The van der Waals surface area contributed by atoms with Crippen LogP contribution in [0.25, 0.3) is 22.3 Å². The van der Waals surface area contributed by atoms with Gasteiger partial charge in [0.15, 0.2) is 11.6 Å². The number of rotatable bonds is 7. The quantitative estimate of drug-likeness (QED) is 0.245. The lowest BCUT2D eigenvalue weighted by Crippen LogP contribution is -2.25. The third-order valence-corrected chi connectivity index (χ3v) is 6.66. The van der Waals surface area contributed by atoms with Gasteiger partial charge in [0, 0.05) is 22.6 Å². The van der Waals surface area contributed by atoms with E-state index in [0.29, 0.717) is 35.0 Å². The smallest absolute Gasteiger partial charge is 0.201 e. The molecule has 3 aromatic carbocycles. The van der Waals surface area contributed by atoms with Crippen LogP contribution in [-0.2, 0) is 4.74 Å². The van der Waals surface area contributed by atoms with E-state index in [-0.39, 0.29) is 23.0 Å². The van der Waals surface area contributed by atoms with Gasteiger partial charge in [0.1, 0.15) is 5.82 Å². The van der Waals surface area contributed by atoms with Crippen LogP contribution in [0.4, 0.5) is 13.2 Å². The summed E-state index contributed by atoms with van der Waals surface area (Å²) in [5.41, 5.74) is 2.28. The van der Waals surface area contributed by atoms with Crippen molar-refractivity contribution in [3.63, 3.8) is 0 Å². The lowest BCUT2D eigenvalue weighted by Gasteiger charge is -2.26. The van der Waals surface area contributed by atoms with Crippen LogP contribution in [0, 0.1) is 35.2 Å². The third-order valence-electron chi connectivity index (χ3n) is 6.66. The van der Waals surface area contributed by atoms with E-state index in [1.165, 1.54) is 44.6 Å². The molecular weight excluding hydrogens is 461 g/mol. The van der Waals surface area contributed by atoms with Crippen molar-refractivity contribution in [2.24, 2.45) is 5.92 Å². The predicted octanol–water partition coefficient (Wildman–Crippen LogP) is 8.17. The van der Waals surface area contributed by atoms with Gasteiger partial charge < -0.3 is 9.47 Å². The summed E-state index contributed by atoms with van der Waals surface area (Å²) in [6.07, 6.45) is 7.17. The first-order chi connectivity index (χ1) is 17.5. The van der Waals surface area contributed by atoms with E-state index in [1.807, 2.05) is 0 Å². The molecule has 0 aliphatic carbocycles. The second kappa shape index (κ2) is 12.1. The third kappa shape index (κ3) is 6.12. The van der Waals surface area contributed by atoms with Crippen molar-refractivity contribution in [1.29, 1.82) is 0 Å². The monoisotopic (exact) mass is 492 g/mol. The van der Waals surface area contributed by atoms with Crippen LogP contribution in [0.15, 0.2) is 54.6 Å². The summed E-state index contributed by atoms with van der Waals surface area (Å²) in [6, 6.07) is 14.5. The van der Waals surface area contributed by atoms with Gasteiger partial charge in [0.2, 0.25) is 5.82 Å². The van der Waals surface area contributed by atoms with E-state index in [0.717, 1.165) is 19.3 Å². The normalized spacial score (nSPS) is 17.4. The van der Waals surface area contributed by atoms with Crippen LogP contribution in [0.3, 0.4) is 0 Å². The molecule has 0 radical (unpaired) electrons. The Morgan fingerprint density at radius 1 is 0.889 bits per heavy atom. The Morgan fingerprint density at radius 2 is 1.61 bits per heavy atom. The Balaban J connectivity index is 1.41. The second-order valence-electron chi connectivity index (χ2n) is 9.21. The molecule has 2 unspecified atom stereocenters. The molecule has 0 N–H and O–H groups in total. The maximum absolute atomic E-state index is 14.9. The fourth-order valence-electron chi connectivity index (χ4n) is 4.52. The minimum Gasteiger partial charge on any atom is -0.494 e. The Kier molecular flexibility index (Phi) is 8.72. The number of ether oxygens (including phenoxy) is 2. The molecule has 0 bridgehead atoms. The highest BCUT2D eigenvalue weighted by molar-refractivity contribution is 5.72. The molecule has 4 rings (SSSR count). The Bertz CT molecular complexity index is 1230. The fourth-order valence-corrected chi connectivity index (χ4v) is 4.52. The SMILES string of the molecule is CCCCCC1CCC(C#Cc2ccc(-c3ccc(-c4ccc(OC)c(F)c4F)cc3)c(F)c2)CO1. The second-order valence-corrected chi connectivity index (χ2v) is 9.21. The summed E-state index contributed by atoms with van der Waals surface area (Å²) < 4.78 is 54.2. The Hall–Kier alpha value is -3.23. The zero-order valence-corrected chi connectivity index (χ0v) is 20.8. The summed E-state index contributed by atoms with van der Waals surface area (Å²) in [5, 5.41) is 0. The molecule has 1 saturated heterocycles. The number of halogens is 3. The van der Waals surface area contributed by atoms with E-state index in [9.17, 15) is 13.2 Å². The van der Waals surface area contributed by atoms with Crippen LogP contribution >= 0.6 is 0 Å². The van der Waals surface area contributed by atoms with Crippen molar-refractivity contribution in [1.82, 2.24) is 0 Å². The van der Waals surface area contributed by atoms with Gasteiger partial charge in [-0.15, -0.1) is 0 Å². The predicted molar refractivity (Wildman–Crippen MR) is 137 cm³/mol. The van der Waals surface area contributed by atoms with Gasteiger partial charge in [-0.2, -0.15) is 4.39 Å². The molecule has 36 heavy (non-hydrogen) atoms. The summed E-state index contributed by atoms with van der Waals surface area (Å²) in [4.78, 5) is 0. The maximum Gasteiger partial charge on any atom is 0.201 e. The molecule has 2 atom stereocenters. The van der Waals surface area contributed by atoms with Gasteiger partial charge in [-0.25, -0.2) is 8.78 Å². The first-order valence-electron chi connectivity index (χ1n) is 12.6. The number of methoxy groups -OCH3 is 1. The molecule has 1 fully saturated rings. The van der Waals surface area contributed by atoms with Gasteiger partial charge in [-0.1, -0.05) is 68.4 Å². The number of benzene rings is 3. The van der Waals surface area contributed by atoms with E-state index in [4.69, 9.17) is 9.47 Å². The fraction of sp³-hybridized carbons (Fsp3) is 0.355. The van der Waals surface area contributed by atoms with Crippen molar-refractivity contribution in [3.05, 3.63) is 77.6 Å². The number of hydrogen-bond donors (Lipinski definition) is 0. The highest BCUT2D eigenvalue weighted by Gasteiger charge is 2.20. The number of hydrogen-bond acceptors (Lipinski definition) is 2. The van der Waals surface area contributed by atoms with E-state index < -0.39 is 11.6 Å². The first kappa shape index (κ1) is 25.9. The van der Waals surface area contributed by atoms with E-state index in [2.05, 4.69) is 18.8 Å². The Labute approximate surface area is 211 Å².